The number of ether oxygens (including phenoxy) is 1. The van der Waals surface area contributed by atoms with Gasteiger partial charge in [-0.2, -0.15) is 0 Å². The molecule has 0 radical (unpaired) electrons. The first-order valence-electron chi connectivity index (χ1n) is 11.7. The van der Waals surface area contributed by atoms with Gasteiger partial charge in [0.05, 0.1) is 19.3 Å². The summed E-state index contributed by atoms with van der Waals surface area (Å²) in [6.45, 7) is 0.722. The molecule has 3 aliphatic heterocycles. The van der Waals surface area contributed by atoms with Gasteiger partial charge in [-0.05, 0) is 34.0 Å². The second kappa shape index (κ2) is 8.30. The Morgan fingerprint density at radius 3 is 2.76 bits per heavy atom. The van der Waals surface area contributed by atoms with Crippen LogP contribution in [0.1, 0.15) is 33.2 Å². The van der Waals surface area contributed by atoms with Crippen molar-refractivity contribution in [1.82, 2.24) is 9.58 Å². The minimum absolute atomic E-state index is 0.162. The van der Waals surface area contributed by atoms with Crippen LogP contribution in [0, 0.1) is 11.6 Å². The highest BCUT2D eigenvalue weighted by Crippen LogP contribution is 2.48. The van der Waals surface area contributed by atoms with Crippen LogP contribution in [-0.4, -0.2) is 46.5 Å². The quantitative estimate of drug-likeness (QED) is 0.391. The van der Waals surface area contributed by atoms with Crippen LogP contribution in [0.5, 0.6) is 5.75 Å². The number of carbonyl (C=O) groups excluding carboxylic acids is 1. The number of amides is 1. The molecule has 1 saturated heterocycles. The number of rotatable bonds is 1. The monoisotopic (exact) mass is 539 g/mol. The summed E-state index contributed by atoms with van der Waals surface area (Å²) in [4.78, 5) is 28.3. The van der Waals surface area contributed by atoms with Crippen LogP contribution >= 0.6 is 23.1 Å². The molecule has 0 bridgehead atoms. The highest BCUT2D eigenvalue weighted by Gasteiger charge is 2.46. The Bertz CT molecular complexity index is 1670. The summed E-state index contributed by atoms with van der Waals surface area (Å²) in [5, 5.41) is 15.6. The van der Waals surface area contributed by atoms with Crippen molar-refractivity contribution in [3.05, 3.63) is 92.2 Å². The van der Waals surface area contributed by atoms with E-state index in [0.29, 0.717) is 12.2 Å². The number of carbonyl (C=O) groups is 1. The van der Waals surface area contributed by atoms with Crippen LogP contribution in [0.4, 0.5) is 8.78 Å². The summed E-state index contributed by atoms with van der Waals surface area (Å²) in [5.41, 5.74) is 0.809. The van der Waals surface area contributed by atoms with Crippen molar-refractivity contribution in [2.24, 2.45) is 0 Å². The number of morpholine rings is 1. The first-order valence-corrected chi connectivity index (χ1v) is 13.5. The van der Waals surface area contributed by atoms with E-state index in [0.717, 1.165) is 26.6 Å². The van der Waals surface area contributed by atoms with Gasteiger partial charge in [0.1, 0.15) is 6.17 Å². The SMILES string of the molecule is O=C1c2c(O)c(=O)ccn2N([C@@H]2c3ccc(F)c(F)c3CSc3c2ccc2ccsc32)[C@H]2COCCN12. The molecule has 0 saturated carbocycles. The van der Waals surface area contributed by atoms with Gasteiger partial charge in [0.15, 0.2) is 23.1 Å². The molecule has 7 rings (SSSR count). The molecule has 1 N–H and O–H groups in total. The summed E-state index contributed by atoms with van der Waals surface area (Å²) < 4.78 is 38.0. The number of thioether (sulfide) groups is 1. The summed E-state index contributed by atoms with van der Waals surface area (Å²) in [6, 6.07) is 9.21. The van der Waals surface area contributed by atoms with Crippen molar-refractivity contribution >= 4 is 39.1 Å². The highest BCUT2D eigenvalue weighted by molar-refractivity contribution is 7.99. The largest absolute Gasteiger partial charge is 0.502 e. The lowest BCUT2D eigenvalue weighted by atomic mass is 9.92. The zero-order valence-corrected chi connectivity index (χ0v) is 20.8. The molecule has 2 aromatic heterocycles. The van der Waals surface area contributed by atoms with E-state index >= 15 is 4.39 Å². The van der Waals surface area contributed by atoms with Crippen LogP contribution in [0.25, 0.3) is 10.1 Å². The smallest absolute Gasteiger partial charge is 0.278 e. The van der Waals surface area contributed by atoms with Gasteiger partial charge in [-0.1, -0.05) is 18.2 Å². The third-order valence-electron chi connectivity index (χ3n) is 7.23. The van der Waals surface area contributed by atoms with E-state index in [9.17, 15) is 19.1 Å². The number of pyridine rings is 1. The van der Waals surface area contributed by atoms with Gasteiger partial charge in [0.25, 0.3) is 5.91 Å². The van der Waals surface area contributed by atoms with E-state index < -0.39 is 40.9 Å². The molecule has 37 heavy (non-hydrogen) atoms. The molecule has 1 fully saturated rings. The van der Waals surface area contributed by atoms with E-state index in [1.54, 1.807) is 22.3 Å². The van der Waals surface area contributed by atoms with Crippen LogP contribution in [-0.2, 0) is 10.5 Å². The number of hydrogen-bond acceptors (Lipinski definition) is 7. The zero-order valence-electron chi connectivity index (χ0n) is 19.2. The number of aromatic nitrogens is 1. The normalized spacial score (nSPS) is 20.8. The molecule has 7 nitrogen and oxygen atoms in total. The molecule has 2 atom stereocenters. The molecule has 0 unspecified atom stereocenters. The standard InChI is InChI=1S/C26H19F2N3O4S2/c27-17-4-3-14-16(20(17)28)12-37-25-15(2-1-13-6-10-36-24(13)25)21(14)31-19-11-35-9-8-29(19)26(34)22-23(33)18(32)5-7-30(22)31/h1-7,10,19,21,33H,8-9,11-12H2/t19-,21+/m0/s1. The first-order chi connectivity index (χ1) is 18.0. The molecule has 2 aromatic carbocycles. The fourth-order valence-corrected chi connectivity index (χ4v) is 7.87. The predicted octanol–water partition coefficient (Wildman–Crippen LogP) is 4.19. The first kappa shape index (κ1) is 22.8. The molecule has 0 spiro atoms. The second-order valence-electron chi connectivity index (χ2n) is 9.10. The van der Waals surface area contributed by atoms with Crippen LogP contribution < -0.4 is 10.4 Å². The van der Waals surface area contributed by atoms with Gasteiger partial charge >= 0.3 is 0 Å². The lowest BCUT2D eigenvalue weighted by molar-refractivity contribution is -0.0197. The van der Waals surface area contributed by atoms with Crippen molar-refractivity contribution in [2.75, 3.05) is 24.8 Å². The lowest BCUT2D eigenvalue weighted by Crippen LogP contribution is -2.66. The average Bonchev–Trinajstić information content (AvgIpc) is 3.32. The third-order valence-corrected chi connectivity index (χ3v) is 9.47. The minimum atomic E-state index is -0.927. The van der Waals surface area contributed by atoms with E-state index in [4.69, 9.17) is 4.74 Å². The van der Waals surface area contributed by atoms with Crippen molar-refractivity contribution in [1.29, 1.82) is 0 Å². The number of aromatic hydroxyl groups is 1. The Morgan fingerprint density at radius 1 is 1.05 bits per heavy atom. The van der Waals surface area contributed by atoms with E-state index in [2.05, 4.69) is 0 Å². The summed E-state index contributed by atoms with van der Waals surface area (Å²) in [6.07, 6.45) is 0.832. The Balaban J connectivity index is 1.57. The molecule has 188 valence electrons. The Morgan fingerprint density at radius 2 is 1.89 bits per heavy atom. The maximum atomic E-state index is 15.3. The Labute approximate surface area is 217 Å². The van der Waals surface area contributed by atoms with Crippen molar-refractivity contribution in [2.45, 2.75) is 22.9 Å². The van der Waals surface area contributed by atoms with Gasteiger partial charge in [0, 0.05) is 39.7 Å². The van der Waals surface area contributed by atoms with Crippen molar-refractivity contribution in [3.8, 4) is 5.75 Å². The third kappa shape index (κ3) is 3.20. The maximum absolute atomic E-state index is 15.3. The maximum Gasteiger partial charge on any atom is 0.278 e. The van der Waals surface area contributed by atoms with Gasteiger partial charge in [-0.3, -0.25) is 19.3 Å². The van der Waals surface area contributed by atoms with E-state index in [1.165, 1.54) is 28.7 Å². The fourth-order valence-electron chi connectivity index (χ4n) is 5.52. The Hall–Kier alpha value is -3.41. The fraction of sp³-hybridized carbons (Fsp3) is 0.231. The summed E-state index contributed by atoms with van der Waals surface area (Å²) in [5.74, 6) is -2.74. The molecule has 4 aromatic rings. The van der Waals surface area contributed by atoms with Crippen LogP contribution in [0.15, 0.2) is 57.7 Å². The van der Waals surface area contributed by atoms with Crippen LogP contribution in [0.2, 0.25) is 0 Å². The summed E-state index contributed by atoms with van der Waals surface area (Å²) in [7, 11) is 0. The average molecular weight is 540 g/mol. The van der Waals surface area contributed by atoms with Gasteiger partial charge in [-0.15, -0.1) is 23.1 Å². The van der Waals surface area contributed by atoms with E-state index in [-0.39, 0.29) is 30.2 Å². The topological polar surface area (TPSA) is 75.0 Å². The second-order valence-corrected chi connectivity index (χ2v) is 11.0. The molecular formula is C26H19F2N3O4S2. The molecule has 3 aliphatic rings. The molecule has 5 heterocycles. The van der Waals surface area contributed by atoms with Crippen molar-refractivity contribution < 1.29 is 23.4 Å². The molecule has 11 heteroatoms. The molecular weight excluding hydrogens is 520 g/mol. The molecule has 0 aliphatic carbocycles. The molecule has 1 amide bonds. The Kier molecular flexibility index (Phi) is 5.11. The van der Waals surface area contributed by atoms with Crippen LogP contribution in [0.3, 0.4) is 0 Å². The predicted molar refractivity (Wildman–Crippen MR) is 136 cm³/mol. The number of hydrogen-bond donors (Lipinski definition) is 1. The van der Waals surface area contributed by atoms with E-state index in [1.807, 2.05) is 28.6 Å². The number of nitrogens with zero attached hydrogens (tertiary/aromatic N) is 3. The highest BCUT2D eigenvalue weighted by atomic mass is 32.2. The van der Waals surface area contributed by atoms with Gasteiger partial charge in [0.2, 0.25) is 5.43 Å². The van der Waals surface area contributed by atoms with Gasteiger partial charge in [-0.25, -0.2) is 8.78 Å². The van der Waals surface area contributed by atoms with Gasteiger partial charge < -0.3 is 14.7 Å². The zero-order chi connectivity index (χ0) is 25.4. The number of halogens is 2. The minimum Gasteiger partial charge on any atom is -0.502 e. The van der Waals surface area contributed by atoms with Crippen molar-refractivity contribution in [3.63, 3.8) is 0 Å². The lowest BCUT2D eigenvalue weighted by Gasteiger charge is -2.51. The summed E-state index contributed by atoms with van der Waals surface area (Å²) >= 11 is 3.03. The number of thiophene rings is 1. The number of fused-ring (bicyclic) bond motifs is 6. The number of benzene rings is 2.